The predicted octanol–water partition coefficient (Wildman–Crippen LogP) is 2.29. The summed E-state index contributed by atoms with van der Waals surface area (Å²) >= 11 is 1.76. The minimum Gasteiger partial charge on any atom is -0.387 e. The van der Waals surface area contributed by atoms with Crippen molar-refractivity contribution < 1.29 is 5.11 Å². The third-order valence-corrected chi connectivity index (χ3v) is 4.83. The third-order valence-electron chi connectivity index (χ3n) is 3.66. The van der Waals surface area contributed by atoms with Crippen LogP contribution in [0.25, 0.3) is 0 Å². The second-order valence-corrected chi connectivity index (χ2v) is 6.67. The fourth-order valence-electron chi connectivity index (χ4n) is 2.77. The van der Waals surface area contributed by atoms with E-state index >= 15 is 0 Å². The number of rotatable bonds is 5. The van der Waals surface area contributed by atoms with Gasteiger partial charge in [0.2, 0.25) is 0 Å². The van der Waals surface area contributed by atoms with E-state index in [2.05, 4.69) is 37.7 Å². The summed E-state index contributed by atoms with van der Waals surface area (Å²) in [4.78, 5) is 10.5. The first kappa shape index (κ1) is 14.8. The van der Waals surface area contributed by atoms with Gasteiger partial charge < -0.3 is 14.9 Å². The van der Waals surface area contributed by atoms with E-state index in [4.69, 9.17) is 4.98 Å². The van der Waals surface area contributed by atoms with E-state index in [0.29, 0.717) is 6.04 Å². The van der Waals surface area contributed by atoms with Crippen LogP contribution >= 0.6 is 11.3 Å². The lowest BCUT2D eigenvalue weighted by Gasteiger charge is -2.29. The molecule has 1 aromatic heterocycles. The number of aromatic nitrogens is 1. The number of nitrogens with zero attached hydrogens (tertiary/aromatic N) is 3. The number of hydrogen-bond acceptors (Lipinski definition) is 5. The molecule has 0 saturated heterocycles. The van der Waals surface area contributed by atoms with Gasteiger partial charge in [-0.05, 0) is 47.2 Å². The normalized spacial score (nSPS) is 20.4. The molecule has 0 spiro atoms. The molecule has 108 valence electrons. The van der Waals surface area contributed by atoms with Gasteiger partial charge in [0.05, 0.1) is 11.8 Å². The molecule has 1 aliphatic rings. The Morgan fingerprint density at radius 2 is 2.21 bits per heavy atom. The summed E-state index contributed by atoms with van der Waals surface area (Å²) in [5.41, 5.74) is 0.932. The summed E-state index contributed by atoms with van der Waals surface area (Å²) in [6, 6.07) is 0.435. The van der Waals surface area contributed by atoms with Crippen molar-refractivity contribution in [2.24, 2.45) is 0 Å². The van der Waals surface area contributed by atoms with Crippen molar-refractivity contribution in [3.8, 4) is 0 Å². The van der Waals surface area contributed by atoms with E-state index in [1.807, 2.05) is 0 Å². The maximum Gasteiger partial charge on any atom is 0.186 e. The van der Waals surface area contributed by atoms with E-state index in [1.54, 1.807) is 11.3 Å². The number of aryl methyl sites for hydroxylation is 1. The summed E-state index contributed by atoms with van der Waals surface area (Å²) in [7, 11) is 4.20. The number of anilines is 1. The van der Waals surface area contributed by atoms with Gasteiger partial charge in [0.1, 0.15) is 0 Å². The highest BCUT2D eigenvalue weighted by Gasteiger charge is 2.25. The van der Waals surface area contributed by atoms with Gasteiger partial charge >= 0.3 is 0 Å². The van der Waals surface area contributed by atoms with Crippen LogP contribution in [-0.4, -0.2) is 48.2 Å². The van der Waals surface area contributed by atoms with Gasteiger partial charge in [-0.3, -0.25) is 0 Å². The molecule has 0 aromatic carbocycles. The van der Waals surface area contributed by atoms with Crippen molar-refractivity contribution in [2.45, 2.75) is 45.3 Å². The van der Waals surface area contributed by atoms with Crippen molar-refractivity contribution in [1.29, 1.82) is 0 Å². The Labute approximate surface area is 120 Å². The average molecular weight is 283 g/mol. The Morgan fingerprint density at radius 1 is 1.47 bits per heavy atom. The van der Waals surface area contributed by atoms with Gasteiger partial charge in [0.15, 0.2) is 5.13 Å². The highest BCUT2D eigenvalue weighted by Crippen LogP contribution is 2.37. The molecule has 19 heavy (non-hydrogen) atoms. The van der Waals surface area contributed by atoms with Gasteiger partial charge in [-0.2, -0.15) is 0 Å². The van der Waals surface area contributed by atoms with Crippen LogP contribution in [0.3, 0.4) is 0 Å². The Bertz CT molecular complexity index is 419. The van der Waals surface area contributed by atoms with Gasteiger partial charge in [-0.25, -0.2) is 4.98 Å². The van der Waals surface area contributed by atoms with Crippen molar-refractivity contribution in [1.82, 2.24) is 9.88 Å². The maximum atomic E-state index is 10.0. The molecular weight excluding hydrogens is 258 g/mol. The summed E-state index contributed by atoms with van der Waals surface area (Å²) in [5.74, 6) is 0. The first-order valence-corrected chi connectivity index (χ1v) is 7.93. The molecule has 1 N–H and O–H groups in total. The Hall–Kier alpha value is -0.650. The van der Waals surface area contributed by atoms with Crippen molar-refractivity contribution in [3.63, 3.8) is 0 Å². The molecule has 0 fully saturated rings. The topological polar surface area (TPSA) is 39.6 Å². The molecule has 5 heteroatoms. The molecule has 4 nitrogen and oxygen atoms in total. The highest BCUT2D eigenvalue weighted by atomic mass is 32.1. The summed E-state index contributed by atoms with van der Waals surface area (Å²) in [6.45, 7) is 6.38. The molecule has 2 unspecified atom stereocenters. The van der Waals surface area contributed by atoms with Crippen LogP contribution in [0.15, 0.2) is 0 Å². The van der Waals surface area contributed by atoms with Crippen LogP contribution in [0.4, 0.5) is 5.13 Å². The maximum absolute atomic E-state index is 10.0. The Kier molecular flexibility index (Phi) is 4.81. The zero-order valence-corrected chi connectivity index (χ0v) is 13.2. The lowest BCUT2D eigenvalue weighted by molar-refractivity contribution is 0.153. The van der Waals surface area contributed by atoms with Crippen molar-refractivity contribution in [3.05, 3.63) is 10.6 Å². The smallest absolute Gasteiger partial charge is 0.186 e. The first-order valence-electron chi connectivity index (χ1n) is 7.12. The van der Waals surface area contributed by atoms with E-state index in [0.717, 1.165) is 43.2 Å². The molecule has 2 atom stereocenters. The standard InChI is InChI=1S/C14H25N3OS/c1-5-17(10(2)9-16(3)4)14-15-13-11(18)7-6-8-12(13)19-14/h10-11,18H,5-9H2,1-4H3. The van der Waals surface area contributed by atoms with Crippen molar-refractivity contribution in [2.75, 3.05) is 32.1 Å². The van der Waals surface area contributed by atoms with Crippen LogP contribution in [-0.2, 0) is 6.42 Å². The van der Waals surface area contributed by atoms with E-state index in [-0.39, 0.29) is 6.10 Å². The lowest BCUT2D eigenvalue weighted by atomic mass is 10.0. The SMILES string of the molecule is CCN(c1nc2c(s1)CCCC2O)C(C)CN(C)C. The number of thiazole rings is 1. The minimum atomic E-state index is -0.350. The summed E-state index contributed by atoms with van der Waals surface area (Å²) < 4.78 is 0. The number of likely N-dealkylation sites (N-methyl/N-ethyl adjacent to an activating group) is 2. The van der Waals surface area contributed by atoms with Gasteiger partial charge in [-0.1, -0.05) is 0 Å². The number of aliphatic hydroxyl groups is 1. The third kappa shape index (κ3) is 3.27. The predicted molar refractivity (Wildman–Crippen MR) is 81.0 cm³/mol. The number of hydrogen-bond donors (Lipinski definition) is 1. The van der Waals surface area contributed by atoms with Gasteiger partial charge in [0, 0.05) is 24.0 Å². The van der Waals surface area contributed by atoms with Gasteiger partial charge in [0.25, 0.3) is 0 Å². The summed E-state index contributed by atoms with van der Waals surface area (Å²) in [5, 5.41) is 11.1. The molecule has 0 amide bonds. The fourth-order valence-corrected chi connectivity index (χ4v) is 4.09. The molecular formula is C14H25N3OS. The minimum absolute atomic E-state index is 0.350. The van der Waals surface area contributed by atoms with Crippen LogP contribution < -0.4 is 4.90 Å². The van der Waals surface area contributed by atoms with E-state index in [1.165, 1.54) is 4.88 Å². The second-order valence-electron chi connectivity index (χ2n) is 5.61. The lowest BCUT2D eigenvalue weighted by Crippen LogP contribution is -2.40. The van der Waals surface area contributed by atoms with Crippen LogP contribution in [0, 0.1) is 0 Å². The number of fused-ring (bicyclic) bond motifs is 1. The van der Waals surface area contributed by atoms with Gasteiger partial charge in [-0.15, -0.1) is 11.3 Å². The molecule has 0 saturated carbocycles. The average Bonchev–Trinajstić information content (AvgIpc) is 2.74. The fraction of sp³-hybridized carbons (Fsp3) is 0.786. The monoisotopic (exact) mass is 283 g/mol. The van der Waals surface area contributed by atoms with Crippen molar-refractivity contribution >= 4 is 16.5 Å². The first-order chi connectivity index (χ1) is 9.02. The quantitative estimate of drug-likeness (QED) is 0.900. The molecule has 1 aromatic rings. The summed E-state index contributed by atoms with van der Waals surface area (Å²) in [6.07, 6.45) is 2.66. The van der Waals surface area contributed by atoms with Crippen LogP contribution in [0.5, 0.6) is 0 Å². The molecule has 1 aliphatic carbocycles. The van der Waals surface area contributed by atoms with E-state index in [9.17, 15) is 5.11 Å². The highest BCUT2D eigenvalue weighted by molar-refractivity contribution is 7.15. The second kappa shape index (κ2) is 6.20. The van der Waals surface area contributed by atoms with Crippen LogP contribution in [0.1, 0.15) is 43.4 Å². The molecule has 0 aliphatic heterocycles. The zero-order chi connectivity index (χ0) is 14.0. The Balaban J connectivity index is 2.19. The number of aliphatic hydroxyl groups excluding tert-OH is 1. The molecule has 0 radical (unpaired) electrons. The Morgan fingerprint density at radius 3 is 2.79 bits per heavy atom. The molecule has 0 bridgehead atoms. The van der Waals surface area contributed by atoms with E-state index < -0.39 is 0 Å². The van der Waals surface area contributed by atoms with Crippen LogP contribution in [0.2, 0.25) is 0 Å². The molecule has 2 rings (SSSR count). The molecule has 1 heterocycles. The zero-order valence-electron chi connectivity index (χ0n) is 12.4. The largest absolute Gasteiger partial charge is 0.387 e.